The average Bonchev–Trinajstić information content (AvgIpc) is 2.49. The highest BCUT2D eigenvalue weighted by molar-refractivity contribution is 7.99. The number of rotatable bonds is 0. The summed E-state index contributed by atoms with van der Waals surface area (Å²) in [6, 6.07) is 13.2. The first-order valence-electron chi connectivity index (χ1n) is 6.13. The smallest absolute Gasteiger partial charge is 0.0308 e. The number of benzene rings is 2. The van der Waals surface area contributed by atoms with Crippen molar-refractivity contribution in [2.24, 2.45) is 5.73 Å². The maximum absolute atomic E-state index is 6.31. The van der Waals surface area contributed by atoms with E-state index in [1.165, 1.54) is 21.9 Å². The second-order valence-corrected chi connectivity index (χ2v) is 6.25. The summed E-state index contributed by atoms with van der Waals surface area (Å²) in [6.45, 7) is 2.28. The monoisotopic (exact) mass is 243 g/mol. The van der Waals surface area contributed by atoms with E-state index in [4.69, 9.17) is 5.73 Å². The quantitative estimate of drug-likeness (QED) is 0.760. The molecule has 2 unspecified atom stereocenters. The van der Waals surface area contributed by atoms with Crippen LogP contribution in [0.15, 0.2) is 36.4 Å². The number of nitrogens with two attached hydrogens (primary N) is 1. The van der Waals surface area contributed by atoms with E-state index in [1.807, 2.05) is 11.8 Å². The summed E-state index contributed by atoms with van der Waals surface area (Å²) in [7, 11) is 0. The number of fused-ring (bicyclic) bond motifs is 3. The van der Waals surface area contributed by atoms with E-state index in [1.54, 1.807) is 0 Å². The van der Waals surface area contributed by atoms with Crippen LogP contribution in [-0.2, 0) is 5.75 Å². The molecule has 0 saturated heterocycles. The molecule has 0 fully saturated rings. The largest absolute Gasteiger partial charge is 0.324 e. The molecule has 0 aromatic heterocycles. The molecule has 1 nitrogen and oxygen atoms in total. The van der Waals surface area contributed by atoms with Crippen molar-refractivity contribution < 1.29 is 0 Å². The molecular weight excluding hydrogens is 226 g/mol. The molecule has 0 amide bonds. The van der Waals surface area contributed by atoms with E-state index >= 15 is 0 Å². The van der Waals surface area contributed by atoms with Crippen LogP contribution in [0.25, 0.3) is 10.8 Å². The summed E-state index contributed by atoms with van der Waals surface area (Å²) < 4.78 is 0. The first-order chi connectivity index (χ1) is 8.25. The maximum atomic E-state index is 6.31. The molecule has 0 bridgehead atoms. The van der Waals surface area contributed by atoms with Crippen molar-refractivity contribution in [2.75, 3.05) is 0 Å². The SMILES string of the molecule is CC1CC(N)c2ccc3ccccc3c2CS1. The van der Waals surface area contributed by atoms with Crippen LogP contribution < -0.4 is 5.73 Å². The molecule has 2 N–H and O–H groups in total. The third kappa shape index (κ3) is 1.96. The Bertz CT molecular complexity index is 550. The van der Waals surface area contributed by atoms with Gasteiger partial charge in [0.15, 0.2) is 0 Å². The van der Waals surface area contributed by atoms with Gasteiger partial charge in [0.25, 0.3) is 0 Å². The zero-order chi connectivity index (χ0) is 11.8. The molecule has 0 aliphatic carbocycles. The van der Waals surface area contributed by atoms with Crippen LogP contribution in [-0.4, -0.2) is 5.25 Å². The van der Waals surface area contributed by atoms with E-state index in [-0.39, 0.29) is 6.04 Å². The summed E-state index contributed by atoms with van der Waals surface area (Å²) >= 11 is 2.02. The summed E-state index contributed by atoms with van der Waals surface area (Å²) in [5.74, 6) is 1.09. The van der Waals surface area contributed by atoms with Crippen LogP contribution in [0.4, 0.5) is 0 Å². The normalized spacial score (nSPS) is 24.4. The van der Waals surface area contributed by atoms with Gasteiger partial charge in [-0.3, -0.25) is 0 Å². The summed E-state index contributed by atoms with van der Waals surface area (Å²) in [5.41, 5.74) is 9.11. The van der Waals surface area contributed by atoms with Gasteiger partial charge < -0.3 is 5.73 Å². The Morgan fingerprint density at radius 1 is 1.18 bits per heavy atom. The van der Waals surface area contributed by atoms with Crippen LogP contribution >= 0.6 is 11.8 Å². The van der Waals surface area contributed by atoms with Gasteiger partial charge in [0.1, 0.15) is 0 Å². The van der Waals surface area contributed by atoms with Crippen molar-refractivity contribution in [1.82, 2.24) is 0 Å². The molecule has 0 radical (unpaired) electrons. The van der Waals surface area contributed by atoms with Gasteiger partial charge in [-0.05, 0) is 28.3 Å². The van der Waals surface area contributed by atoms with Gasteiger partial charge in [-0.1, -0.05) is 43.3 Å². The Kier molecular flexibility index (Phi) is 2.85. The summed E-state index contributed by atoms with van der Waals surface area (Å²) in [6.07, 6.45) is 1.08. The second-order valence-electron chi connectivity index (χ2n) is 4.82. The highest BCUT2D eigenvalue weighted by Gasteiger charge is 2.21. The molecule has 0 spiro atoms. The van der Waals surface area contributed by atoms with Gasteiger partial charge in [-0.25, -0.2) is 0 Å². The van der Waals surface area contributed by atoms with Crippen LogP contribution in [0.1, 0.15) is 30.5 Å². The minimum absolute atomic E-state index is 0.194. The first-order valence-corrected chi connectivity index (χ1v) is 7.18. The minimum atomic E-state index is 0.194. The lowest BCUT2D eigenvalue weighted by atomic mass is 9.94. The highest BCUT2D eigenvalue weighted by Crippen LogP contribution is 2.37. The van der Waals surface area contributed by atoms with Crippen LogP contribution in [0.2, 0.25) is 0 Å². The predicted molar refractivity (Wildman–Crippen MR) is 76.3 cm³/mol. The Balaban J connectivity index is 2.22. The second kappa shape index (κ2) is 4.35. The van der Waals surface area contributed by atoms with Gasteiger partial charge in [0.05, 0.1) is 0 Å². The van der Waals surface area contributed by atoms with Crippen molar-refractivity contribution >= 4 is 22.5 Å². The standard InChI is InChI=1S/C15H17NS/c1-10-8-15(16)13-7-6-11-4-2-3-5-12(11)14(13)9-17-10/h2-7,10,15H,8-9,16H2,1H3. The number of hydrogen-bond donors (Lipinski definition) is 1. The Morgan fingerprint density at radius 3 is 2.88 bits per heavy atom. The average molecular weight is 243 g/mol. The van der Waals surface area contributed by atoms with Crippen molar-refractivity contribution in [2.45, 2.75) is 30.4 Å². The van der Waals surface area contributed by atoms with Gasteiger partial charge in [-0.2, -0.15) is 11.8 Å². The molecule has 2 aromatic rings. The molecule has 17 heavy (non-hydrogen) atoms. The van der Waals surface area contributed by atoms with Crippen LogP contribution in [0.5, 0.6) is 0 Å². The van der Waals surface area contributed by atoms with E-state index in [0.29, 0.717) is 5.25 Å². The number of hydrogen-bond acceptors (Lipinski definition) is 2. The third-order valence-electron chi connectivity index (χ3n) is 3.57. The van der Waals surface area contributed by atoms with Gasteiger partial charge in [0, 0.05) is 17.0 Å². The van der Waals surface area contributed by atoms with E-state index < -0.39 is 0 Å². The zero-order valence-electron chi connectivity index (χ0n) is 10.0. The van der Waals surface area contributed by atoms with E-state index in [0.717, 1.165) is 12.2 Å². The Labute approximate surface area is 106 Å². The lowest BCUT2D eigenvalue weighted by molar-refractivity contribution is 0.652. The van der Waals surface area contributed by atoms with E-state index in [2.05, 4.69) is 43.3 Å². The Hall–Kier alpha value is -0.990. The molecule has 1 aliphatic rings. The topological polar surface area (TPSA) is 26.0 Å². The molecule has 1 heterocycles. The molecule has 0 saturated carbocycles. The minimum Gasteiger partial charge on any atom is -0.324 e. The van der Waals surface area contributed by atoms with Crippen molar-refractivity contribution in [3.05, 3.63) is 47.5 Å². The van der Waals surface area contributed by atoms with Gasteiger partial charge in [-0.15, -0.1) is 0 Å². The fourth-order valence-corrected chi connectivity index (χ4v) is 3.76. The van der Waals surface area contributed by atoms with Crippen molar-refractivity contribution in [3.8, 4) is 0 Å². The fraction of sp³-hybridized carbons (Fsp3) is 0.333. The molecule has 3 rings (SSSR count). The summed E-state index contributed by atoms with van der Waals surface area (Å²) in [5, 5.41) is 3.35. The van der Waals surface area contributed by atoms with Crippen molar-refractivity contribution in [1.29, 1.82) is 0 Å². The predicted octanol–water partition coefficient (Wildman–Crippen LogP) is 3.87. The molecule has 1 aliphatic heterocycles. The van der Waals surface area contributed by atoms with Crippen LogP contribution in [0.3, 0.4) is 0 Å². The Morgan fingerprint density at radius 2 is 2.00 bits per heavy atom. The highest BCUT2D eigenvalue weighted by atomic mass is 32.2. The van der Waals surface area contributed by atoms with Gasteiger partial charge in [0.2, 0.25) is 0 Å². The summed E-state index contributed by atoms with van der Waals surface area (Å²) in [4.78, 5) is 0. The maximum Gasteiger partial charge on any atom is 0.0308 e. The molecule has 2 aromatic carbocycles. The van der Waals surface area contributed by atoms with Crippen molar-refractivity contribution in [3.63, 3.8) is 0 Å². The fourth-order valence-electron chi connectivity index (χ4n) is 2.64. The molecular formula is C15H17NS. The first kappa shape index (κ1) is 11.1. The zero-order valence-corrected chi connectivity index (χ0v) is 10.8. The third-order valence-corrected chi connectivity index (χ3v) is 4.79. The van der Waals surface area contributed by atoms with Gasteiger partial charge >= 0.3 is 0 Å². The molecule has 2 heteroatoms. The molecule has 88 valence electrons. The lowest BCUT2D eigenvalue weighted by Crippen LogP contribution is -2.14. The van der Waals surface area contributed by atoms with Crippen LogP contribution in [0, 0.1) is 0 Å². The number of thioether (sulfide) groups is 1. The molecule has 2 atom stereocenters. The lowest BCUT2D eigenvalue weighted by Gasteiger charge is -2.15. The van der Waals surface area contributed by atoms with E-state index in [9.17, 15) is 0 Å².